The molecule has 72 valence electrons. The van der Waals surface area contributed by atoms with Gasteiger partial charge in [-0.05, 0) is 5.92 Å². The Bertz CT molecular complexity index is 141. The molecule has 0 aromatic carbocycles. The van der Waals surface area contributed by atoms with Crippen molar-refractivity contribution in [3.63, 3.8) is 0 Å². The summed E-state index contributed by atoms with van der Waals surface area (Å²) in [7, 11) is 3.96. The molecule has 0 fully saturated rings. The topological polar surface area (TPSA) is 12.2 Å². The second-order valence-electron chi connectivity index (χ2n) is 3.52. The molecule has 0 saturated heterocycles. The minimum absolute atomic E-state index is 0.185. The van der Waals surface area contributed by atoms with Crippen molar-refractivity contribution in [2.45, 2.75) is 25.8 Å². The van der Waals surface area contributed by atoms with Crippen molar-refractivity contribution in [1.82, 2.24) is 0 Å². The van der Waals surface area contributed by atoms with Crippen LogP contribution in [0.15, 0.2) is 0 Å². The lowest BCUT2D eigenvalue weighted by atomic mass is 10.2. The Labute approximate surface area is 80.2 Å². The van der Waals surface area contributed by atoms with Gasteiger partial charge in [0.1, 0.15) is 25.9 Å². The first-order valence-electron chi connectivity index (χ1n) is 4.27. The van der Waals surface area contributed by atoms with Crippen molar-refractivity contribution in [2.24, 2.45) is 5.92 Å². The first-order valence-corrected chi connectivity index (χ1v) is 4.71. The highest BCUT2D eigenvalue weighted by molar-refractivity contribution is 6.20. The maximum Gasteiger partial charge on any atom is 0.143 e. The van der Waals surface area contributed by atoms with Crippen LogP contribution in [0.2, 0.25) is 0 Å². The van der Waals surface area contributed by atoms with Crippen LogP contribution in [0, 0.1) is 5.92 Å². The highest BCUT2D eigenvalue weighted by Gasteiger charge is 2.05. The largest absolute Gasteiger partial charge is 0.362 e. The Morgan fingerprint density at radius 3 is 2.42 bits per heavy atom. The average Bonchev–Trinajstić information content (AvgIpc) is 1.96. The Morgan fingerprint density at radius 2 is 2.00 bits per heavy atom. The number of nitrogens with zero attached hydrogens (tertiary/aromatic N) is 1. The molecule has 0 aliphatic heterocycles. The molecule has 0 aromatic rings. The molecule has 0 bridgehead atoms. The maximum absolute atomic E-state index is 5.89. The van der Waals surface area contributed by atoms with E-state index in [2.05, 4.69) is 13.8 Å². The third kappa shape index (κ3) is 8.02. The molecule has 0 aliphatic rings. The van der Waals surface area contributed by atoms with Crippen molar-refractivity contribution >= 4 is 17.8 Å². The first kappa shape index (κ1) is 11.9. The van der Waals surface area contributed by atoms with E-state index >= 15 is 0 Å². The van der Waals surface area contributed by atoms with Gasteiger partial charge < -0.3 is 4.74 Å². The normalized spacial score (nSPS) is 13.2. The van der Waals surface area contributed by atoms with Gasteiger partial charge in [-0.15, -0.1) is 0 Å². The van der Waals surface area contributed by atoms with E-state index in [0.717, 1.165) is 13.0 Å². The number of ether oxygens (including phenoxy) is 1. The summed E-state index contributed by atoms with van der Waals surface area (Å²) < 4.78 is 7.34. The van der Waals surface area contributed by atoms with Crippen LogP contribution in [0.5, 0.6) is 0 Å². The van der Waals surface area contributed by atoms with Gasteiger partial charge in [0.2, 0.25) is 0 Å². The molecule has 12 heavy (non-hydrogen) atoms. The zero-order chi connectivity index (χ0) is 9.56. The second kappa shape index (κ2) is 6.44. The minimum atomic E-state index is -0.185. The predicted molar refractivity (Wildman–Crippen MR) is 53.2 cm³/mol. The van der Waals surface area contributed by atoms with E-state index in [-0.39, 0.29) is 5.56 Å². The van der Waals surface area contributed by atoms with Crippen LogP contribution < -0.4 is 0 Å². The molecule has 1 unspecified atom stereocenters. The van der Waals surface area contributed by atoms with Gasteiger partial charge in [0.15, 0.2) is 0 Å². The van der Waals surface area contributed by atoms with Crippen LogP contribution in [0.3, 0.4) is 0 Å². The fourth-order valence-corrected chi connectivity index (χ4v) is 0.811. The van der Waals surface area contributed by atoms with Gasteiger partial charge >= 0.3 is 0 Å². The summed E-state index contributed by atoms with van der Waals surface area (Å²) in [6, 6.07) is 0. The van der Waals surface area contributed by atoms with Crippen molar-refractivity contribution < 1.29 is 9.31 Å². The van der Waals surface area contributed by atoms with E-state index < -0.39 is 0 Å². The minimum Gasteiger partial charge on any atom is -0.362 e. The molecule has 0 saturated carbocycles. The molecule has 0 aromatic heterocycles. The van der Waals surface area contributed by atoms with Crippen LogP contribution >= 0.6 is 11.6 Å². The molecule has 0 radical (unpaired) electrons. The molecule has 0 aliphatic carbocycles. The lowest BCUT2D eigenvalue weighted by Gasteiger charge is -2.09. The van der Waals surface area contributed by atoms with E-state index in [1.54, 1.807) is 0 Å². The Morgan fingerprint density at radius 1 is 1.42 bits per heavy atom. The number of halogens is 1. The molecule has 0 amide bonds. The fraction of sp³-hybridized carbons (Fsp3) is 0.889. The summed E-state index contributed by atoms with van der Waals surface area (Å²) >= 11 is 5.89. The monoisotopic (exact) mass is 192 g/mol. The number of rotatable bonds is 5. The maximum atomic E-state index is 5.89. The van der Waals surface area contributed by atoms with Crippen molar-refractivity contribution in [3.05, 3.63) is 0 Å². The summed E-state index contributed by atoms with van der Waals surface area (Å²) in [5.74, 6) is 0.547. The summed E-state index contributed by atoms with van der Waals surface area (Å²) in [5, 5.41) is 0. The Balaban J connectivity index is 3.46. The number of hydrogen-bond donors (Lipinski definition) is 0. The lowest BCUT2D eigenvalue weighted by molar-refractivity contribution is -0.460. The summed E-state index contributed by atoms with van der Waals surface area (Å²) in [6.07, 6.45) is 2.78. The van der Waals surface area contributed by atoms with Crippen molar-refractivity contribution in [1.29, 1.82) is 0 Å². The fourth-order valence-electron chi connectivity index (χ4n) is 0.659. The highest BCUT2D eigenvalue weighted by atomic mass is 35.5. The number of hydrogen-bond acceptors (Lipinski definition) is 1. The van der Waals surface area contributed by atoms with Crippen LogP contribution in [0.4, 0.5) is 0 Å². The Hall–Kier alpha value is -0.0800. The molecule has 2 nitrogen and oxygen atoms in total. The highest BCUT2D eigenvalue weighted by Crippen LogP contribution is 2.04. The van der Waals surface area contributed by atoms with E-state index in [9.17, 15) is 0 Å². The molecular formula is C9H19ClNO+. The molecule has 1 atom stereocenters. The molecular weight excluding hydrogens is 174 g/mol. The van der Waals surface area contributed by atoms with Gasteiger partial charge in [0.25, 0.3) is 0 Å². The first-order chi connectivity index (χ1) is 5.52. The van der Waals surface area contributed by atoms with Crippen LogP contribution in [-0.2, 0) is 4.74 Å². The third-order valence-corrected chi connectivity index (χ3v) is 1.57. The molecule has 0 N–H and O–H groups in total. The van der Waals surface area contributed by atoms with Gasteiger partial charge in [0.05, 0.1) is 13.0 Å². The molecule has 0 rings (SSSR count). The van der Waals surface area contributed by atoms with Gasteiger partial charge in [-0.3, -0.25) is 0 Å². The smallest absolute Gasteiger partial charge is 0.143 e. The quantitative estimate of drug-likeness (QED) is 0.369. The Kier molecular flexibility index (Phi) is 6.39. The van der Waals surface area contributed by atoms with E-state index in [1.807, 2.05) is 24.9 Å². The van der Waals surface area contributed by atoms with Gasteiger partial charge in [-0.25, -0.2) is 4.58 Å². The van der Waals surface area contributed by atoms with Gasteiger partial charge in [0, 0.05) is 0 Å². The van der Waals surface area contributed by atoms with Gasteiger partial charge in [-0.1, -0.05) is 25.4 Å². The zero-order valence-corrected chi connectivity index (χ0v) is 9.14. The average molecular weight is 193 g/mol. The predicted octanol–water partition coefficient (Wildman–Crippen LogP) is 1.96. The van der Waals surface area contributed by atoms with Crippen molar-refractivity contribution in [3.8, 4) is 0 Å². The molecule has 3 heteroatoms. The summed E-state index contributed by atoms with van der Waals surface area (Å²) in [6.45, 7) is 4.95. The SMILES string of the molecule is CC(C)COC(Cl)CC=[N+](C)C. The van der Waals surface area contributed by atoms with Crippen LogP contribution in [0.25, 0.3) is 0 Å². The zero-order valence-electron chi connectivity index (χ0n) is 8.38. The standard InChI is InChI=1S/C9H19ClNO/c1-8(2)7-12-9(10)5-6-11(3)4/h6,8-9H,5,7H2,1-4H3/q+1. The molecule has 0 spiro atoms. The van der Waals surface area contributed by atoms with E-state index in [1.165, 1.54) is 0 Å². The summed E-state index contributed by atoms with van der Waals surface area (Å²) in [5.41, 5.74) is -0.185. The van der Waals surface area contributed by atoms with Crippen molar-refractivity contribution in [2.75, 3.05) is 20.7 Å². The second-order valence-corrected chi connectivity index (χ2v) is 4.01. The molecule has 0 heterocycles. The third-order valence-electron chi connectivity index (χ3n) is 1.27. The summed E-state index contributed by atoms with van der Waals surface area (Å²) in [4.78, 5) is 0. The lowest BCUT2D eigenvalue weighted by Crippen LogP contribution is -2.12. The van der Waals surface area contributed by atoms with Gasteiger partial charge in [-0.2, -0.15) is 0 Å². The van der Waals surface area contributed by atoms with Crippen LogP contribution in [-0.4, -0.2) is 37.1 Å². The number of alkyl halides is 1. The van der Waals surface area contributed by atoms with E-state index in [0.29, 0.717) is 5.92 Å². The van der Waals surface area contributed by atoms with E-state index in [4.69, 9.17) is 16.3 Å². The van der Waals surface area contributed by atoms with Crippen LogP contribution in [0.1, 0.15) is 20.3 Å².